The zero-order valence-electron chi connectivity index (χ0n) is 7.99. The van der Waals surface area contributed by atoms with Crippen molar-refractivity contribution in [2.45, 2.75) is 13.3 Å². The molecular weight excluding hydrogens is 176 g/mol. The van der Waals surface area contributed by atoms with Crippen LogP contribution in [0.1, 0.15) is 12.5 Å². The summed E-state index contributed by atoms with van der Waals surface area (Å²) in [5.74, 6) is 1.02. The summed E-state index contributed by atoms with van der Waals surface area (Å²) in [5, 5.41) is 6.62. The number of benzene rings is 1. The highest BCUT2D eigenvalue weighted by atomic mass is 15.3. The number of hydrogen-bond acceptors (Lipinski definition) is 3. The van der Waals surface area contributed by atoms with E-state index in [2.05, 4.69) is 28.2 Å². The maximum atomic E-state index is 5.45. The lowest BCUT2D eigenvalue weighted by molar-refractivity contribution is 1.09. The molecule has 0 radical (unpaired) electrons. The minimum atomic E-state index is 0.283. The third kappa shape index (κ3) is 1.46. The molecule has 0 saturated heterocycles. The summed E-state index contributed by atoms with van der Waals surface area (Å²) in [6.45, 7) is 2.11. The first-order valence-corrected chi connectivity index (χ1v) is 4.57. The average molecular weight is 188 g/mol. The van der Waals surface area contributed by atoms with Crippen LogP contribution in [0.15, 0.2) is 24.3 Å². The Kier molecular flexibility index (Phi) is 2.18. The molecule has 1 heterocycles. The lowest BCUT2D eigenvalue weighted by atomic mass is 10.1. The van der Waals surface area contributed by atoms with Crippen molar-refractivity contribution in [1.82, 2.24) is 15.2 Å². The zero-order chi connectivity index (χ0) is 9.97. The van der Waals surface area contributed by atoms with Crippen molar-refractivity contribution in [3.63, 3.8) is 0 Å². The summed E-state index contributed by atoms with van der Waals surface area (Å²) in [4.78, 5) is 4.10. The Balaban J connectivity index is 2.50. The monoisotopic (exact) mass is 188 g/mol. The number of aryl methyl sites for hydroxylation is 1. The van der Waals surface area contributed by atoms with Gasteiger partial charge in [-0.15, -0.1) is 5.10 Å². The second-order valence-corrected chi connectivity index (χ2v) is 3.05. The summed E-state index contributed by atoms with van der Waals surface area (Å²) in [6.07, 6.45) is 0.969. The van der Waals surface area contributed by atoms with Gasteiger partial charge in [-0.25, -0.2) is 0 Å². The SMILES string of the molecule is CCc1ccccc1-c1nc(N)n[nH]1. The van der Waals surface area contributed by atoms with Crippen LogP contribution < -0.4 is 5.73 Å². The molecule has 14 heavy (non-hydrogen) atoms. The van der Waals surface area contributed by atoms with Gasteiger partial charge in [0.15, 0.2) is 5.82 Å². The third-order valence-electron chi connectivity index (χ3n) is 2.16. The van der Waals surface area contributed by atoms with Crippen molar-refractivity contribution in [2.75, 3.05) is 5.73 Å². The van der Waals surface area contributed by atoms with E-state index >= 15 is 0 Å². The fraction of sp³-hybridized carbons (Fsp3) is 0.200. The number of anilines is 1. The summed E-state index contributed by atoms with van der Waals surface area (Å²) in [7, 11) is 0. The molecule has 0 amide bonds. The second kappa shape index (κ2) is 3.49. The molecule has 1 aromatic heterocycles. The van der Waals surface area contributed by atoms with Gasteiger partial charge in [-0.3, -0.25) is 5.10 Å². The largest absolute Gasteiger partial charge is 0.366 e. The van der Waals surface area contributed by atoms with E-state index in [9.17, 15) is 0 Å². The van der Waals surface area contributed by atoms with Crippen LogP contribution in [0.5, 0.6) is 0 Å². The number of aromatic nitrogens is 3. The van der Waals surface area contributed by atoms with Gasteiger partial charge in [0.25, 0.3) is 0 Å². The molecule has 2 rings (SSSR count). The summed E-state index contributed by atoms with van der Waals surface area (Å²) in [6, 6.07) is 8.09. The van der Waals surface area contributed by atoms with E-state index in [-0.39, 0.29) is 5.95 Å². The van der Waals surface area contributed by atoms with Gasteiger partial charge in [0.05, 0.1) is 0 Å². The topological polar surface area (TPSA) is 67.6 Å². The molecule has 0 atom stereocenters. The predicted octanol–water partition coefficient (Wildman–Crippen LogP) is 1.62. The molecule has 0 unspecified atom stereocenters. The van der Waals surface area contributed by atoms with Crippen LogP contribution in [0.4, 0.5) is 5.95 Å². The minimum absolute atomic E-state index is 0.283. The molecule has 0 fully saturated rings. The van der Waals surface area contributed by atoms with Crippen molar-refractivity contribution in [3.8, 4) is 11.4 Å². The normalized spacial score (nSPS) is 10.4. The minimum Gasteiger partial charge on any atom is -0.366 e. The van der Waals surface area contributed by atoms with Crippen molar-refractivity contribution in [3.05, 3.63) is 29.8 Å². The second-order valence-electron chi connectivity index (χ2n) is 3.05. The number of nitrogens with two attached hydrogens (primary N) is 1. The molecule has 4 nitrogen and oxygen atoms in total. The highest BCUT2D eigenvalue weighted by Gasteiger charge is 2.06. The number of hydrogen-bond donors (Lipinski definition) is 2. The predicted molar refractivity (Wildman–Crippen MR) is 55.6 cm³/mol. The highest BCUT2D eigenvalue weighted by molar-refractivity contribution is 5.60. The molecule has 0 saturated carbocycles. The number of nitrogens with one attached hydrogen (secondary N) is 1. The Morgan fingerprint density at radius 1 is 1.36 bits per heavy atom. The van der Waals surface area contributed by atoms with Gasteiger partial charge in [-0.05, 0) is 12.0 Å². The maximum absolute atomic E-state index is 5.45. The Bertz CT molecular complexity index is 433. The van der Waals surface area contributed by atoms with Gasteiger partial charge in [-0.1, -0.05) is 31.2 Å². The van der Waals surface area contributed by atoms with Crippen LogP contribution in [0, 0.1) is 0 Å². The van der Waals surface area contributed by atoms with Crippen LogP contribution in [0.2, 0.25) is 0 Å². The Morgan fingerprint density at radius 3 is 2.79 bits per heavy atom. The first kappa shape index (κ1) is 8.74. The van der Waals surface area contributed by atoms with Crippen molar-refractivity contribution in [1.29, 1.82) is 0 Å². The van der Waals surface area contributed by atoms with Gasteiger partial charge in [0.1, 0.15) is 0 Å². The number of nitrogen functional groups attached to an aromatic ring is 1. The van der Waals surface area contributed by atoms with Gasteiger partial charge in [0.2, 0.25) is 5.95 Å². The first-order chi connectivity index (χ1) is 6.81. The Morgan fingerprint density at radius 2 is 2.14 bits per heavy atom. The zero-order valence-corrected chi connectivity index (χ0v) is 7.99. The Labute approximate surface area is 82.2 Å². The van der Waals surface area contributed by atoms with E-state index in [1.54, 1.807) is 0 Å². The average Bonchev–Trinajstić information content (AvgIpc) is 2.65. The molecule has 2 aromatic rings. The van der Waals surface area contributed by atoms with E-state index in [1.807, 2.05) is 18.2 Å². The smallest absolute Gasteiger partial charge is 0.239 e. The van der Waals surface area contributed by atoms with E-state index in [1.165, 1.54) is 5.56 Å². The van der Waals surface area contributed by atoms with Gasteiger partial charge in [-0.2, -0.15) is 4.98 Å². The number of nitrogens with zero attached hydrogens (tertiary/aromatic N) is 2. The van der Waals surface area contributed by atoms with Crippen LogP contribution in [0.3, 0.4) is 0 Å². The fourth-order valence-electron chi connectivity index (χ4n) is 1.45. The van der Waals surface area contributed by atoms with Gasteiger partial charge < -0.3 is 5.73 Å². The van der Waals surface area contributed by atoms with Crippen LogP contribution >= 0.6 is 0 Å². The van der Waals surface area contributed by atoms with Crippen molar-refractivity contribution in [2.24, 2.45) is 0 Å². The molecule has 3 N–H and O–H groups in total. The van der Waals surface area contributed by atoms with Crippen LogP contribution in [0.25, 0.3) is 11.4 Å². The molecule has 1 aromatic carbocycles. The standard InChI is InChI=1S/C10H12N4/c1-2-7-5-3-4-6-8(7)9-12-10(11)14-13-9/h3-6H,2H2,1H3,(H3,11,12,13,14). The van der Waals surface area contributed by atoms with Crippen molar-refractivity contribution >= 4 is 5.95 Å². The fourth-order valence-corrected chi connectivity index (χ4v) is 1.45. The summed E-state index contributed by atoms with van der Waals surface area (Å²) in [5.41, 5.74) is 7.76. The molecule has 0 aliphatic carbocycles. The molecule has 72 valence electrons. The van der Waals surface area contributed by atoms with Gasteiger partial charge in [0, 0.05) is 5.56 Å². The molecule has 0 spiro atoms. The van der Waals surface area contributed by atoms with E-state index in [0.717, 1.165) is 17.8 Å². The lowest BCUT2D eigenvalue weighted by Gasteiger charge is -2.02. The van der Waals surface area contributed by atoms with Crippen LogP contribution in [-0.4, -0.2) is 15.2 Å². The maximum Gasteiger partial charge on any atom is 0.239 e. The molecule has 0 aliphatic heterocycles. The first-order valence-electron chi connectivity index (χ1n) is 4.57. The molecular formula is C10H12N4. The summed E-state index contributed by atoms with van der Waals surface area (Å²) >= 11 is 0. The number of H-pyrrole nitrogens is 1. The number of rotatable bonds is 2. The van der Waals surface area contributed by atoms with E-state index in [4.69, 9.17) is 5.73 Å². The van der Waals surface area contributed by atoms with E-state index in [0.29, 0.717) is 0 Å². The van der Waals surface area contributed by atoms with Gasteiger partial charge >= 0.3 is 0 Å². The lowest BCUT2D eigenvalue weighted by Crippen LogP contribution is -1.89. The summed E-state index contributed by atoms with van der Waals surface area (Å²) < 4.78 is 0. The Hall–Kier alpha value is -1.84. The molecule has 0 aliphatic rings. The van der Waals surface area contributed by atoms with Crippen molar-refractivity contribution < 1.29 is 0 Å². The molecule has 4 heteroatoms. The number of aromatic amines is 1. The van der Waals surface area contributed by atoms with E-state index < -0.39 is 0 Å². The molecule has 0 bridgehead atoms. The highest BCUT2D eigenvalue weighted by Crippen LogP contribution is 2.20. The quantitative estimate of drug-likeness (QED) is 0.752. The van der Waals surface area contributed by atoms with Crippen LogP contribution in [-0.2, 0) is 6.42 Å². The third-order valence-corrected chi connectivity index (χ3v) is 2.16.